The molecule has 5 heterocycles. The summed E-state index contributed by atoms with van der Waals surface area (Å²) < 4.78 is 127. The van der Waals surface area contributed by atoms with E-state index in [-0.39, 0.29) is 38.6 Å². The van der Waals surface area contributed by atoms with Gasteiger partial charge in [0, 0.05) is 60.8 Å². The summed E-state index contributed by atoms with van der Waals surface area (Å²) in [5.41, 5.74) is 14.1. The minimum atomic E-state index is -0.798. The first-order valence-corrected chi connectivity index (χ1v) is 33.7. The second-order valence-electron chi connectivity index (χ2n) is 29.4. The molecule has 100 heavy (non-hydrogen) atoms. The van der Waals surface area contributed by atoms with Crippen molar-refractivity contribution in [3.05, 3.63) is 300 Å². The van der Waals surface area contributed by atoms with Crippen LogP contribution in [0.25, 0.3) is 105 Å². The lowest BCUT2D eigenvalue weighted by atomic mass is 9.33. The summed E-state index contributed by atoms with van der Waals surface area (Å²) in [4.78, 5) is 4.19. The predicted octanol–water partition coefficient (Wildman–Crippen LogP) is 22.0. The van der Waals surface area contributed by atoms with Gasteiger partial charge in [-0.3, -0.25) is 0 Å². The number of nitriles is 2. The molecule has 7 nitrogen and oxygen atoms in total. The second kappa shape index (κ2) is 22.2. The molecule has 0 amide bonds. The molecule has 0 unspecified atom stereocenters. The quantitative estimate of drug-likeness (QED) is 0.149. The maximum atomic E-state index is 12.3. The lowest BCUT2D eigenvalue weighted by Crippen LogP contribution is -2.61. The van der Waals surface area contributed by atoms with Crippen LogP contribution in [0.2, 0.25) is 0 Å². The molecule has 478 valence electrons. The van der Waals surface area contributed by atoms with Gasteiger partial charge in [0.15, 0.2) is 0 Å². The first kappa shape index (κ1) is 47.8. The molecule has 0 saturated heterocycles. The third kappa shape index (κ3) is 9.17. The summed E-state index contributed by atoms with van der Waals surface area (Å²) >= 11 is 0. The molecule has 0 bridgehead atoms. The van der Waals surface area contributed by atoms with E-state index in [1.807, 2.05) is 91.0 Å². The van der Waals surface area contributed by atoms with Crippen LogP contribution in [0.4, 0.5) is 34.1 Å². The highest BCUT2D eigenvalue weighted by Crippen LogP contribution is 2.52. The van der Waals surface area contributed by atoms with Crippen LogP contribution in [0.15, 0.2) is 273 Å². The van der Waals surface area contributed by atoms with Gasteiger partial charge in [-0.15, -0.1) is 0 Å². The van der Waals surface area contributed by atoms with Gasteiger partial charge in [0.25, 0.3) is 6.71 Å². The van der Waals surface area contributed by atoms with Crippen molar-refractivity contribution >= 4 is 123 Å². The highest BCUT2D eigenvalue weighted by atomic mass is 15.2. The Bertz CT molecular complexity index is 6880. The van der Waals surface area contributed by atoms with Crippen LogP contribution in [0, 0.1) is 22.7 Å². The van der Waals surface area contributed by atoms with Crippen molar-refractivity contribution in [3.63, 3.8) is 0 Å². The molecular weight excluding hydrogens is 1210 g/mol. The van der Waals surface area contributed by atoms with Gasteiger partial charge in [-0.25, -0.2) is 0 Å². The van der Waals surface area contributed by atoms with E-state index >= 15 is 0 Å². The number of anilines is 6. The van der Waals surface area contributed by atoms with E-state index in [0.717, 1.165) is 88.3 Å². The number of nitrogens with zero attached hydrogens (tertiary/aromatic N) is 7. The van der Waals surface area contributed by atoms with E-state index < -0.39 is 102 Å². The third-order valence-electron chi connectivity index (χ3n) is 20.4. The number of benzene rings is 13. The van der Waals surface area contributed by atoms with Crippen molar-refractivity contribution in [2.75, 3.05) is 9.80 Å². The first-order valence-electron chi connectivity index (χ1n) is 40.2. The van der Waals surface area contributed by atoms with Crippen LogP contribution in [0.5, 0.6) is 0 Å². The number of hydrogen-bond acceptors (Lipinski definition) is 4. The van der Waals surface area contributed by atoms with Crippen LogP contribution < -0.4 is 26.2 Å². The molecular formula is C92H72BN7. The van der Waals surface area contributed by atoms with Crippen molar-refractivity contribution in [1.29, 1.82) is 10.5 Å². The fourth-order valence-corrected chi connectivity index (χ4v) is 15.8. The average molecular weight is 1300 g/mol. The average Bonchev–Trinajstić information content (AvgIpc) is 1.61. The molecule has 0 atom stereocenters. The Hall–Kier alpha value is -12.1. The Kier molecular flexibility index (Phi) is 10.6. The zero-order valence-corrected chi connectivity index (χ0v) is 56.7. The summed E-state index contributed by atoms with van der Waals surface area (Å²) in [5, 5.41) is 28.3. The number of aromatic nitrogens is 3. The fraction of sp³-hybridized carbons (Fsp3) is 0.130. The molecule has 13 aromatic carbocycles. The number of rotatable bonds is 7. The van der Waals surface area contributed by atoms with Gasteiger partial charge in [-0.2, -0.15) is 10.5 Å². The van der Waals surface area contributed by atoms with E-state index in [9.17, 15) is 21.5 Å². The zero-order chi connectivity index (χ0) is 79.6. The zero-order valence-electron chi connectivity index (χ0n) is 69.7. The van der Waals surface area contributed by atoms with Gasteiger partial charge < -0.3 is 23.5 Å². The van der Waals surface area contributed by atoms with Crippen LogP contribution in [0.3, 0.4) is 0 Å². The molecule has 0 spiro atoms. The predicted molar refractivity (Wildman–Crippen MR) is 420 cm³/mol. The first-order chi connectivity index (χ1) is 53.8. The van der Waals surface area contributed by atoms with E-state index in [2.05, 4.69) is 184 Å². The van der Waals surface area contributed by atoms with E-state index in [4.69, 9.17) is 6.85 Å². The van der Waals surface area contributed by atoms with E-state index in [1.165, 1.54) is 4.57 Å². The van der Waals surface area contributed by atoms with Crippen molar-refractivity contribution in [2.24, 2.45) is 0 Å². The second-order valence-corrected chi connectivity index (χ2v) is 29.4. The molecule has 0 saturated carbocycles. The smallest absolute Gasteiger partial charge is 0.252 e. The molecule has 0 N–H and O–H groups in total. The van der Waals surface area contributed by atoms with Gasteiger partial charge in [0.05, 0.1) is 84.8 Å². The Labute approximate surface area is 602 Å². The molecule has 16 aromatic rings. The lowest BCUT2D eigenvalue weighted by Gasteiger charge is -2.46. The lowest BCUT2D eigenvalue weighted by molar-refractivity contribution is 0.587. The minimum Gasteiger partial charge on any atom is -0.310 e. The molecule has 8 heteroatoms. The van der Waals surface area contributed by atoms with Crippen molar-refractivity contribution in [1.82, 2.24) is 13.7 Å². The topological polar surface area (TPSA) is 68.8 Å². The largest absolute Gasteiger partial charge is 0.310 e. The third-order valence-corrected chi connectivity index (χ3v) is 20.4. The van der Waals surface area contributed by atoms with Crippen molar-refractivity contribution in [2.45, 2.75) is 78.6 Å². The molecule has 18 rings (SSSR count). The monoisotopic (exact) mass is 1300 g/mol. The fourth-order valence-electron chi connectivity index (χ4n) is 15.8. The normalized spacial score (nSPS) is 14.8. The summed E-state index contributed by atoms with van der Waals surface area (Å²) in [6, 6.07) is 63.9. The van der Waals surface area contributed by atoms with Gasteiger partial charge >= 0.3 is 0 Å². The van der Waals surface area contributed by atoms with E-state index in [0.29, 0.717) is 56.2 Å². The Morgan fingerprint density at radius 3 is 1.29 bits per heavy atom. The van der Waals surface area contributed by atoms with Crippen LogP contribution in [-0.2, 0) is 16.2 Å². The van der Waals surface area contributed by atoms with Crippen molar-refractivity contribution in [3.8, 4) is 51.5 Å². The Balaban J connectivity index is 1.02. The summed E-state index contributed by atoms with van der Waals surface area (Å²) in [6.45, 7) is 18.3. The van der Waals surface area contributed by atoms with Crippen molar-refractivity contribution < 1.29 is 17.8 Å². The van der Waals surface area contributed by atoms with Crippen LogP contribution >= 0.6 is 0 Å². The van der Waals surface area contributed by atoms with Gasteiger partial charge in [-0.1, -0.05) is 238 Å². The Morgan fingerprint density at radius 1 is 0.320 bits per heavy atom. The highest BCUT2D eigenvalue weighted by Gasteiger charge is 2.46. The molecule has 2 aliphatic heterocycles. The maximum Gasteiger partial charge on any atom is 0.252 e. The molecule has 2 aliphatic rings. The van der Waals surface area contributed by atoms with Crippen LogP contribution in [0.1, 0.15) is 108 Å². The molecule has 0 fully saturated rings. The molecule has 0 radical (unpaired) electrons. The van der Waals surface area contributed by atoms with Gasteiger partial charge in [0.2, 0.25) is 0 Å². The summed E-state index contributed by atoms with van der Waals surface area (Å²) in [7, 11) is 0. The number of hydrogen-bond donors (Lipinski definition) is 0. The Morgan fingerprint density at radius 2 is 0.770 bits per heavy atom. The summed E-state index contributed by atoms with van der Waals surface area (Å²) in [5.74, 6) is 0. The van der Waals surface area contributed by atoms with Gasteiger partial charge in [-0.05, 0) is 169 Å². The highest BCUT2D eigenvalue weighted by molar-refractivity contribution is 7.00. The van der Waals surface area contributed by atoms with Gasteiger partial charge in [0.1, 0.15) is 12.1 Å². The minimum absolute atomic E-state index is 0.0383. The maximum absolute atomic E-state index is 12.3. The molecule has 3 aromatic heterocycles. The summed E-state index contributed by atoms with van der Waals surface area (Å²) in [6.07, 6.45) is 0. The SMILES string of the molecule is [2H]c1c([2H])c([2H])c(-c2ccc3c(c2)N(c2cc(-n4c5ccccc5c5ccccc54)c(C(C)(C)C)cc2C#N)c2cc(C(C)(C)C)cc4c2B3c2ccc(-n3c5c([2H])c([2H])c([2H])c([2H])c5c5c([2H])c([2H])c([2H])c([2H])c53)cc2N4c2cc(-n3c4ccccc4c4cc(-c5ccccc5)ccc43)c(C(C)(C)C)cc2C#N)c([2H])c1[2H]. The van der Waals surface area contributed by atoms with Crippen LogP contribution in [-0.4, -0.2) is 20.4 Å². The number of para-hydroxylation sites is 5. The standard InChI is InChI=1S/C92H72BN7/c1-90(2,3)63-50-87-89-88(51-63)100(82-54-84(72(92(7,8)9)48-62(82)56-95)98-79-39-25-20-34-69(79)70-46-59(41-45-80(70)98)57-26-12-10-13-27-57)86-52-64(96-75-35-21-16-30-65(75)66-31-17-22-36-76(66)96)42-44-74(86)93(89)73-43-40-60(58-28-14-11-15-29-58)49-85(73)99(87)81-53-83(71(91(4,5)6)47-61(81)55-94)97-77-37-23-18-32-67(77)68-33-19-24-38-78(68)97/h10-54H,1-9H3/i11D,14D,15D,16D,17D,21D,22D,28D,29D,30D,31D,35D,36D. The molecule has 0 aliphatic carbocycles. The van der Waals surface area contributed by atoms with E-state index in [1.54, 1.807) is 12.1 Å². The number of fused-ring (bicyclic) bond motifs is 13.